The summed E-state index contributed by atoms with van der Waals surface area (Å²) in [4.78, 5) is 17.3. The van der Waals surface area contributed by atoms with Crippen molar-refractivity contribution in [2.75, 3.05) is 27.7 Å². The van der Waals surface area contributed by atoms with Crippen LogP contribution in [0.1, 0.15) is 31.4 Å². The summed E-state index contributed by atoms with van der Waals surface area (Å²) < 4.78 is 5.88. The van der Waals surface area contributed by atoms with Crippen LogP contribution in [0.15, 0.2) is 23.2 Å². The van der Waals surface area contributed by atoms with E-state index in [1.54, 1.807) is 26.0 Å². The van der Waals surface area contributed by atoms with Crippen molar-refractivity contribution >= 4 is 11.9 Å². The van der Waals surface area contributed by atoms with E-state index in [4.69, 9.17) is 4.74 Å². The molecular weight excluding hydrogens is 304 g/mol. The summed E-state index contributed by atoms with van der Waals surface area (Å²) in [6.07, 6.45) is 0.556. The quantitative estimate of drug-likeness (QED) is 0.591. The Morgan fingerprint density at radius 1 is 1.29 bits per heavy atom. The summed E-state index contributed by atoms with van der Waals surface area (Å²) in [6, 6.07) is 6.17. The molecule has 0 aliphatic heterocycles. The first-order chi connectivity index (χ1) is 11.3. The van der Waals surface area contributed by atoms with Gasteiger partial charge in [-0.25, -0.2) is 0 Å². The number of aliphatic imine (C=N–C) groups is 1. The lowest BCUT2D eigenvalue weighted by molar-refractivity contribution is -0.128. The Labute approximate surface area is 145 Å². The maximum Gasteiger partial charge on any atom is 0.223 e. The molecule has 0 saturated carbocycles. The summed E-state index contributed by atoms with van der Waals surface area (Å²) in [5, 5.41) is 6.40. The molecule has 6 nitrogen and oxygen atoms in total. The monoisotopic (exact) mass is 334 g/mol. The number of rotatable bonds is 7. The molecule has 1 amide bonds. The SMILES string of the molecule is CN=C(NCCC(=O)N(C)C)NCc1ccc(C)cc1OC(C)C. The van der Waals surface area contributed by atoms with Crippen LogP contribution in [-0.4, -0.2) is 50.6 Å². The third-order valence-corrected chi connectivity index (χ3v) is 3.39. The van der Waals surface area contributed by atoms with Crippen LogP contribution in [0.2, 0.25) is 0 Å². The lowest BCUT2D eigenvalue weighted by Crippen LogP contribution is -2.38. The number of ether oxygens (including phenoxy) is 1. The van der Waals surface area contributed by atoms with Crippen LogP contribution in [0, 0.1) is 6.92 Å². The molecule has 0 aliphatic carbocycles. The summed E-state index contributed by atoms with van der Waals surface area (Å²) in [7, 11) is 5.22. The highest BCUT2D eigenvalue weighted by Gasteiger charge is 2.08. The largest absolute Gasteiger partial charge is 0.491 e. The number of aryl methyl sites for hydroxylation is 1. The molecule has 0 unspecified atom stereocenters. The highest BCUT2D eigenvalue weighted by Crippen LogP contribution is 2.21. The first kappa shape index (κ1) is 19.8. The zero-order valence-corrected chi connectivity index (χ0v) is 15.6. The van der Waals surface area contributed by atoms with Gasteiger partial charge in [0.2, 0.25) is 5.91 Å². The molecule has 0 radical (unpaired) electrons. The van der Waals surface area contributed by atoms with Gasteiger partial charge in [-0.15, -0.1) is 0 Å². The second-order valence-corrected chi connectivity index (χ2v) is 6.17. The molecule has 0 atom stereocenters. The van der Waals surface area contributed by atoms with Crippen molar-refractivity contribution in [1.82, 2.24) is 15.5 Å². The maximum atomic E-state index is 11.6. The highest BCUT2D eigenvalue weighted by atomic mass is 16.5. The van der Waals surface area contributed by atoms with Crippen LogP contribution in [0.4, 0.5) is 0 Å². The summed E-state index contributed by atoms with van der Waals surface area (Å²) in [5.41, 5.74) is 2.24. The number of carbonyl (C=O) groups excluding carboxylic acids is 1. The fraction of sp³-hybridized carbons (Fsp3) is 0.556. The number of guanidine groups is 1. The van der Waals surface area contributed by atoms with E-state index in [-0.39, 0.29) is 12.0 Å². The van der Waals surface area contributed by atoms with Gasteiger partial charge in [0.25, 0.3) is 0 Å². The number of amides is 1. The first-order valence-corrected chi connectivity index (χ1v) is 8.24. The molecular formula is C18H30N4O2. The van der Waals surface area contributed by atoms with E-state index in [1.807, 2.05) is 26.8 Å². The molecule has 0 fully saturated rings. The van der Waals surface area contributed by atoms with E-state index in [1.165, 1.54) is 5.56 Å². The van der Waals surface area contributed by atoms with Gasteiger partial charge >= 0.3 is 0 Å². The van der Waals surface area contributed by atoms with Gasteiger partial charge < -0.3 is 20.3 Å². The predicted octanol–water partition coefficient (Wildman–Crippen LogP) is 1.93. The molecule has 0 spiro atoms. The minimum Gasteiger partial charge on any atom is -0.491 e. The Morgan fingerprint density at radius 2 is 2.00 bits per heavy atom. The van der Waals surface area contributed by atoms with Crippen LogP contribution in [0.5, 0.6) is 5.75 Å². The highest BCUT2D eigenvalue weighted by molar-refractivity contribution is 5.81. The molecule has 24 heavy (non-hydrogen) atoms. The standard InChI is InChI=1S/C18H30N4O2/c1-13(2)24-16-11-14(3)7-8-15(16)12-21-18(19-4)20-10-9-17(23)22(5)6/h7-8,11,13H,9-10,12H2,1-6H3,(H2,19,20,21). The Balaban J connectivity index is 2.58. The molecule has 1 rings (SSSR count). The zero-order chi connectivity index (χ0) is 18.1. The van der Waals surface area contributed by atoms with Gasteiger partial charge in [-0.1, -0.05) is 12.1 Å². The zero-order valence-electron chi connectivity index (χ0n) is 15.6. The minimum absolute atomic E-state index is 0.0871. The molecule has 0 aliphatic rings. The number of nitrogens with one attached hydrogen (secondary N) is 2. The number of hydrogen-bond acceptors (Lipinski definition) is 3. The fourth-order valence-electron chi connectivity index (χ4n) is 2.08. The molecule has 0 saturated heterocycles. The first-order valence-electron chi connectivity index (χ1n) is 8.24. The average Bonchev–Trinajstić information content (AvgIpc) is 2.51. The summed E-state index contributed by atoms with van der Waals surface area (Å²) in [5.74, 6) is 1.64. The van der Waals surface area contributed by atoms with E-state index in [2.05, 4.69) is 27.8 Å². The van der Waals surface area contributed by atoms with Gasteiger partial charge in [0, 0.05) is 46.2 Å². The third-order valence-electron chi connectivity index (χ3n) is 3.39. The van der Waals surface area contributed by atoms with E-state index in [9.17, 15) is 4.79 Å². The topological polar surface area (TPSA) is 66.0 Å². The lowest BCUT2D eigenvalue weighted by atomic mass is 10.1. The van der Waals surface area contributed by atoms with Crippen molar-refractivity contribution in [1.29, 1.82) is 0 Å². The number of nitrogens with zero attached hydrogens (tertiary/aromatic N) is 2. The molecule has 0 heterocycles. The smallest absolute Gasteiger partial charge is 0.223 e. The van der Waals surface area contributed by atoms with Crippen LogP contribution in [0.3, 0.4) is 0 Å². The third kappa shape index (κ3) is 6.89. The Bertz CT molecular complexity index is 568. The fourth-order valence-corrected chi connectivity index (χ4v) is 2.08. The van der Waals surface area contributed by atoms with Crippen molar-refractivity contribution in [3.05, 3.63) is 29.3 Å². The van der Waals surface area contributed by atoms with E-state index >= 15 is 0 Å². The minimum atomic E-state index is 0.0871. The van der Waals surface area contributed by atoms with Gasteiger partial charge in [-0.2, -0.15) is 0 Å². The van der Waals surface area contributed by atoms with Gasteiger partial charge in [-0.05, 0) is 32.4 Å². The molecule has 134 valence electrons. The predicted molar refractivity (Wildman–Crippen MR) is 98.5 cm³/mol. The molecule has 1 aromatic carbocycles. The molecule has 2 N–H and O–H groups in total. The molecule has 1 aromatic rings. The molecule has 0 aromatic heterocycles. The van der Waals surface area contributed by atoms with Crippen molar-refractivity contribution in [3.63, 3.8) is 0 Å². The lowest BCUT2D eigenvalue weighted by Gasteiger charge is -2.17. The molecule has 0 bridgehead atoms. The Morgan fingerprint density at radius 3 is 2.58 bits per heavy atom. The van der Waals surface area contributed by atoms with Gasteiger partial charge in [0.15, 0.2) is 5.96 Å². The molecule has 6 heteroatoms. The average molecular weight is 334 g/mol. The van der Waals surface area contributed by atoms with Crippen molar-refractivity contribution in [2.24, 2.45) is 4.99 Å². The van der Waals surface area contributed by atoms with Crippen LogP contribution < -0.4 is 15.4 Å². The van der Waals surface area contributed by atoms with Gasteiger partial charge in [-0.3, -0.25) is 9.79 Å². The maximum absolute atomic E-state index is 11.6. The normalized spacial score (nSPS) is 11.4. The number of benzene rings is 1. The van der Waals surface area contributed by atoms with E-state index < -0.39 is 0 Å². The summed E-state index contributed by atoms with van der Waals surface area (Å²) in [6.45, 7) is 7.22. The van der Waals surface area contributed by atoms with E-state index in [0.29, 0.717) is 25.5 Å². The van der Waals surface area contributed by atoms with Gasteiger partial charge in [0.05, 0.1) is 6.10 Å². The van der Waals surface area contributed by atoms with Crippen molar-refractivity contribution in [2.45, 2.75) is 39.8 Å². The second-order valence-electron chi connectivity index (χ2n) is 6.17. The van der Waals surface area contributed by atoms with Crippen LogP contribution in [-0.2, 0) is 11.3 Å². The Hall–Kier alpha value is -2.24. The number of hydrogen-bond donors (Lipinski definition) is 2. The number of carbonyl (C=O) groups is 1. The van der Waals surface area contributed by atoms with E-state index in [0.717, 1.165) is 11.3 Å². The second kappa shape index (κ2) is 9.80. The Kier molecular flexibility index (Phi) is 8.09. The van der Waals surface area contributed by atoms with Crippen LogP contribution in [0.25, 0.3) is 0 Å². The van der Waals surface area contributed by atoms with Crippen LogP contribution >= 0.6 is 0 Å². The van der Waals surface area contributed by atoms with Crippen molar-refractivity contribution < 1.29 is 9.53 Å². The van der Waals surface area contributed by atoms with Crippen molar-refractivity contribution in [3.8, 4) is 5.75 Å². The summed E-state index contributed by atoms with van der Waals surface area (Å²) >= 11 is 0. The van der Waals surface area contributed by atoms with Gasteiger partial charge in [0.1, 0.15) is 5.75 Å².